The SMILES string of the molecule is COC(=O)/C=C/c1cccc(N)c1.COC(=O)/C=C/c1cccc([N+](=O)[O-])c1.[Cl][Sn][Cl]. The summed E-state index contributed by atoms with van der Waals surface area (Å²) in [6, 6.07) is 13.2. The Morgan fingerprint density at radius 3 is 1.84 bits per heavy atom. The quantitative estimate of drug-likeness (QED) is 0.142. The van der Waals surface area contributed by atoms with Gasteiger partial charge in [0.25, 0.3) is 5.69 Å². The number of nitro groups is 1. The number of halogens is 2. The van der Waals surface area contributed by atoms with Crippen molar-refractivity contribution >= 4 is 72.2 Å². The summed E-state index contributed by atoms with van der Waals surface area (Å²) in [6.07, 6.45) is 5.68. The number of esters is 2. The van der Waals surface area contributed by atoms with Crippen molar-refractivity contribution in [1.29, 1.82) is 0 Å². The first-order chi connectivity index (χ1) is 14.8. The predicted molar refractivity (Wildman–Crippen MR) is 124 cm³/mol. The summed E-state index contributed by atoms with van der Waals surface area (Å²) in [4.78, 5) is 31.4. The van der Waals surface area contributed by atoms with Crippen molar-refractivity contribution in [3.05, 3.63) is 81.9 Å². The number of nitrogens with zero attached hydrogens (tertiary/aromatic N) is 1. The number of anilines is 1. The summed E-state index contributed by atoms with van der Waals surface area (Å²) in [5, 5.41) is 10.4. The summed E-state index contributed by atoms with van der Waals surface area (Å²) < 4.78 is 8.84. The number of methoxy groups -OCH3 is 2. The Morgan fingerprint density at radius 1 is 0.968 bits per heavy atom. The molecule has 2 rings (SSSR count). The number of hydrogen-bond acceptors (Lipinski definition) is 7. The van der Waals surface area contributed by atoms with E-state index in [1.807, 2.05) is 12.1 Å². The molecule has 0 atom stereocenters. The van der Waals surface area contributed by atoms with Crippen molar-refractivity contribution in [1.82, 2.24) is 0 Å². The van der Waals surface area contributed by atoms with E-state index in [1.165, 1.54) is 44.6 Å². The second-order valence-corrected chi connectivity index (χ2v) is 9.55. The number of non-ortho nitro benzene ring substituents is 1. The van der Waals surface area contributed by atoms with Gasteiger partial charge in [-0.1, -0.05) is 24.3 Å². The zero-order valence-corrected chi connectivity index (χ0v) is 21.0. The Labute approximate surface area is 197 Å². The van der Waals surface area contributed by atoms with Gasteiger partial charge in [-0.3, -0.25) is 10.1 Å². The summed E-state index contributed by atoms with van der Waals surface area (Å²) >= 11 is -0.826. The summed E-state index contributed by atoms with van der Waals surface area (Å²) in [7, 11) is 12.5. The fourth-order valence-corrected chi connectivity index (χ4v) is 1.87. The fourth-order valence-electron chi connectivity index (χ4n) is 1.87. The van der Waals surface area contributed by atoms with Gasteiger partial charge >= 0.3 is 48.7 Å². The molecule has 0 fully saturated rings. The van der Waals surface area contributed by atoms with Crippen LogP contribution in [-0.2, 0) is 19.1 Å². The van der Waals surface area contributed by atoms with Gasteiger partial charge < -0.3 is 15.2 Å². The molecule has 0 heterocycles. The molecule has 164 valence electrons. The third-order valence-electron chi connectivity index (χ3n) is 3.22. The maximum atomic E-state index is 10.8. The summed E-state index contributed by atoms with van der Waals surface area (Å²) in [6.45, 7) is 0. The van der Waals surface area contributed by atoms with Gasteiger partial charge in [-0.15, -0.1) is 0 Å². The molecule has 0 amide bonds. The van der Waals surface area contributed by atoms with Crippen LogP contribution in [0.25, 0.3) is 12.2 Å². The van der Waals surface area contributed by atoms with Crippen LogP contribution in [-0.4, -0.2) is 50.0 Å². The fraction of sp³-hybridized carbons (Fsp3) is 0.100. The van der Waals surface area contributed by atoms with E-state index in [9.17, 15) is 19.7 Å². The predicted octanol–water partition coefficient (Wildman–Crippen LogP) is 4.23. The standard InChI is InChI=1S/C10H9NO4.C10H11NO2.2ClH.Sn/c1-15-10(12)6-5-8-3-2-4-9(7-8)11(13)14;1-13-10(12)6-5-8-3-2-4-9(11)7-8;;;/h2-7H,1H3;2-7H,11H2,1H3;2*1H;/q;;;;+2/p-2/b2*6-5+;;;. The van der Waals surface area contributed by atoms with Gasteiger partial charge in [0.05, 0.1) is 19.1 Å². The van der Waals surface area contributed by atoms with Crippen LogP contribution in [0.5, 0.6) is 0 Å². The van der Waals surface area contributed by atoms with Crippen molar-refractivity contribution < 1.29 is 24.0 Å². The molecule has 0 saturated heterocycles. The zero-order valence-electron chi connectivity index (χ0n) is 16.7. The topological polar surface area (TPSA) is 122 Å². The number of hydrogen-bond donors (Lipinski definition) is 1. The number of ether oxygens (including phenoxy) is 2. The van der Waals surface area contributed by atoms with Gasteiger partial charge in [0.2, 0.25) is 0 Å². The number of carbonyl (C=O) groups excluding carboxylic acids is 2. The monoisotopic (exact) mass is 574 g/mol. The Balaban J connectivity index is 0.000000519. The molecule has 0 aliphatic heterocycles. The first-order valence-corrected chi connectivity index (χ1v) is 15.6. The molecule has 0 aromatic heterocycles. The van der Waals surface area contributed by atoms with E-state index in [1.54, 1.807) is 30.3 Å². The van der Waals surface area contributed by atoms with E-state index >= 15 is 0 Å². The molecule has 2 aromatic rings. The van der Waals surface area contributed by atoms with Crippen LogP contribution in [0.3, 0.4) is 0 Å². The number of benzene rings is 2. The first kappa shape index (κ1) is 28.4. The van der Waals surface area contributed by atoms with Crippen molar-refractivity contribution in [2.24, 2.45) is 0 Å². The van der Waals surface area contributed by atoms with E-state index in [0.29, 0.717) is 11.3 Å². The molecule has 2 radical (unpaired) electrons. The number of nitrogens with two attached hydrogens (primary N) is 1. The van der Waals surface area contributed by atoms with Crippen LogP contribution >= 0.6 is 17.8 Å². The number of nitrogen functional groups attached to an aromatic ring is 1. The van der Waals surface area contributed by atoms with Crippen molar-refractivity contribution in [3.8, 4) is 0 Å². The van der Waals surface area contributed by atoms with Gasteiger partial charge in [-0.25, -0.2) is 9.59 Å². The van der Waals surface area contributed by atoms with Crippen LogP contribution in [0.15, 0.2) is 60.7 Å². The van der Waals surface area contributed by atoms with E-state index in [0.717, 1.165) is 5.56 Å². The van der Waals surface area contributed by atoms with Gasteiger partial charge in [-0.05, 0) is 35.4 Å². The van der Waals surface area contributed by atoms with E-state index < -0.39 is 29.8 Å². The third kappa shape index (κ3) is 14.1. The average Bonchev–Trinajstić information content (AvgIpc) is 2.77. The minimum atomic E-state index is -0.826. The molecule has 0 aliphatic rings. The molecule has 0 bridgehead atoms. The first-order valence-electron chi connectivity index (χ1n) is 8.35. The van der Waals surface area contributed by atoms with E-state index in [4.69, 9.17) is 23.6 Å². The van der Waals surface area contributed by atoms with Crippen molar-refractivity contribution in [2.45, 2.75) is 0 Å². The van der Waals surface area contributed by atoms with Crippen LogP contribution < -0.4 is 5.73 Å². The molecular weight excluding hydrogens is 554 g/mol. The number of rotatable bonds is 5. The van der Waals surface area contributed by atoms with E-state index in [2.05, 4.69) is 9.47 Å². The number of nitro benzene ring substituents is 1. The van der Waals surface area contributed by atoms with Crippen LogP contribution in [0.2, 0.25) is 0 Å². The molecule has 0 unspecified atom stereocenters. The maximum absolute atomic E-state index is 10.8. The Morgan fingerprint density at radius 2 is 1.42 bits per heavy atom. The summed E-state index contributed by atoms with van der Waals surface area (Å²) in [5.41, 5.74) is 7.67. The summed E-state index contributed by atoms with van der Waals surface area (Å²) in [5.74, 6) is -0.871. The van der Waals surface area contributed by atoms with Gasteiger partial charge in [0, 0.05) is 30.0 Å². The van der Waals surface area contributed by atoms with E-state index in [-0.39, 0.29) is 11.7 Å². The van der Waals surface area contributed by atoms with Crippen LogP contribution in [0.1, 0.15) is 11.1 Å². The third-order valence-corrected chi connectivity index (χ3v) is 3.22. The normalized spacial score (nSPS) is 9.81. The van der Waals surface area contributed by atoms with Gasteiger partial charge in [0.1, 0.15) is 0 Å². The molecule has 0 saturated carbocycles. The zero-order chi connectivity index (χ0) is 23.6. The molecule has 11 heteroatoms. The molecule has 31 heavy (non-hydrogen) atoms. The van der Waals surface area contributed by atoms with Gasteiger partial charge in [-0.2, -0.15) is 0 Å². The van der Waals surface area contributed by atoms with Crippen LogP contribution in [0, 0.1) is 10.1 Å². The number of carbonyl (C=O) groups is 2. The molecular formula is C20H20Cl2N2O6Sn. The van der Waals surface area contributed by atoms with Crippen molar-refractivity contribution in [2.75, 3.05) is 20.0 Å². The van der Waals surface area contributed by atoms with Gasteiger partial charge in [0.15, 0.2) is 0 Å². The molecule has 0 aliphatic carbocycles. The Kier molecular flexibility index (Phi) is 15.7. The molecule has 0 spiro atoms. The minimum absolute atomic E-state index is 0.0120. The Bertz CT molecular complexity index is 922. The molecule has 2 N–H and O–H groups in total. The average molecular weight is 574 g/mol. The second-order valence-electron chi connectivity index (χ2n) is 5.31. The second kappa shape index (κ2) is 17.2. The molecule has 2 aromatic carbocycles. The van der Waals surface area contributed by atoms with Crippen molar-refractivity contribution in [3.63, 3.8) is 0 Å². The van der Waals surface area contributed by atoms with Crippen LogP contribution in [0.4, 0.5) is 11.4 Å². The Hall–Kier alpha value is -2.56. The molecule has 8 nitrogen and oxygen atoms in total.